The summed E-state index contributed by atoms with van der Waals surface area (Å²) in [6.07, 6.45) is 2.79. The molecule has 1 heterocycles. The van der Waals surface area contributed by atoms with Gasteiger partial charge in [-0.1, -0.05) is 0 Å². The molecule has 3 rings (SSSR count). The second-order valence-electron chi connectivity index (χ2n) is 6.12. The summed E-state index contributed by atoms with van der Waals surface area (Å²) in [6, 6.07) is 6.11. The van der Waals surface area contributed by atoms with Gasteiger partial charge in [0.15, 0.2) is 12.6 Å². The van der Waals surface area contributed by atoms with Crippen molar-refractivity contribution < 1.29 is 29.3 Å². The zero-order valence-electron chi connectivity index (χ0n) is 14.4. The van der Waals surface area contributed by atoms with Crippen LogP contribution in [0.1, 0.15) is 43.0 Å². The van der Waals surface area contributed by atoms with Crippen LogP contribution in [0.4, 0.5) is 0 Å². The van der Waals surface area contributed by atoms with E-state index >= 15 is 0 Å². The number of allylic oxidation sites excluding steroid dienone is 1. The third-order valence-corrected chi connectivity index (χ3v) is 4.28. The molecule has 26 heavy (non-hydrogen) atoms. The number of aromatic hydroxyl groups is 1. The Kier molecular flexibility index (Phi) is 4.77. The van der Waals surface area contributed by atoms with Gasteiger partial charge in [-0.25, -0.2) is 4.79 Å². The monoisotopic (exact) mass is 354 g/mol. The number of hydrogen-bond donors (Lipinski definition) is 2. The molecule has 0 fully saturated rings. The Morgan fingerprint density at radius 2 is 1.85 bits per heavy atom. The summed E-state index contributed by atoms with van der Waals surface area (Å²) in [5.41, 5.74) is 3.14. The largest absolute Gasteiger partial charge is 0.507 e. The fourth-order valence-corrected chi connectivity index (χ4v) is 2.75. The number of ether oxygens (including phenoxy) is 2. The van der Waals surface area contributed by atoms with Crippen LogP contribution in [-0.4, -0.2) is 28.8 Å². The van der Waals surface area contributed by atoms with Crippen LogP contribution in [0.25, 0.3) is 6.08 Å². The van der Waals surface area contributed by atoms with E-state index in [1.165, 1.54) is 24.3 Å². The average molecular weight is 354 g/mol. The van der Waals surface area contributed by atoms with E-state index in [4.69, 9.17) is 9.47 Å². The van der Waals surface area contributed by atoms with Gasteiger partial charge in [0.25, 0.3) is 0 Å². The number of carbonyl (C=O) groups excluding carboxylic acids is 1. The molecule has 6 heteroatoms. The summed E-state index contributed by atoms with van der Waals surface area (Å²) in [7, 11) is 0. The molecule has 0 radical (unpaired) electrons. The summed E-state index contributed by atoms with van der Waals surface area (Å²) in [5, 5.41) is 19.3. The lowest BCUT2D eigenvalue weighted by Crippen LogP contribution is -2.13. The van der Waals surface area contributed by atoms with Crippen molar-refractivity contribution in [1.82, 2.24) is 0 Å². The van der Waals surface area contributed by atoms with E-state index in [-0.39, 0.29) is 36.1 Å². The molecule has 2 aromatic carbocycles. The van der Waals surface area contributed by atoms with Crippen LogP contribution in [0, 0.1) is 13.8 Å². The van der Waals surface area contributed by atoms with E-state index in [0.29, 0.717) is 16.9 Å². The maximum Gasteiger partial charge on any atom is 0.335 e. The molecule has 0 amide bonds. The Hall–Kier alpha value is -3.12. The molecule has 1 aliphatic heterocycles. The number of carboxylic acids is 1. The summed E-state index contributed by atoms with van der Waals surface area (Å²) in [6.45, 7) is 4.01. The molecule has 0 saturated heterocycles. The van der Waals surface area contributed by atoms with Crippen molar-refractivity contribution in [2.45, 2.75) is 20.5 Å². The minimum atomic E-state index is -1.08. The summed E-state index contributed by atoms with van der Waals surface area (Å²) in [4.78, 5) is 23.8. The highest BCUT2D eigenvalue weighted by atomic mass is 16.7. The third-order valence-electron chi connectivity index (χ3n) is 4.28. The molecular weight excluding hydrogens is 336 g/mol. The highest BCUT2D eigenvalue weighted by Gasteiger charge is 2.18. The van der Waals surface area contributed by atoms with Gasteiger partial charge in [0, 0.05) is 11.1 Å². The Balaban J connectivity index is 1.98. The molecule has 0 atom stereocenters. The molecule has 1 aliphatic rings. The van der Waals surface area contributed by atoms with Crippen LogP contribution >= 0.6 is 0 Å². The maximum atomic E-state index is 12.5. The van der Waals surface area contributed by atoms with E-state index < -0.39 is 5.97 Å². The average Bonchev–Trinajstić information content (AvgIpc) is 2.62. The first kappa shape index (κ1) is 17.7. The number of phenolic OH excluding ortho intramolecular Hbond substituents is 1. The first-order valence-corrected chi connectivity index (χ1v) is 8.00. The van der Waals surface area contributed by atoms with Gasteiger partial charge in [0.2, 0.25) is 0 Å². The minimum Gasteiger partial charge on any atom is -0.507 e. The summed E-state index contributed by atoms with van der Waals surface area (Å²) >= 11 is 0. The first-order chi connectivity index (χ1) is 12.4. The predicted octanol–water partition coefficient (Wildman–Crippen LogP) is 3.47. The molecule has 0 spiro atoms. The standard InChI is InChI=1S/C20H18O6/c1-11-5-16(18(22)6-12(11)2)17(21)4-3-13-7-14(20(23)24)8-15-9-25-10-26-19(13)15/h3-8,22H,9-10H2,1-2H3,(H,23,24). The molecule has 6 nitrogen and oxygen atoms in total. The van der Waals surface area contributed by atoms with Crippen molar-refractivity contribution >= 4 is 17.8 Å². The number of fused-ring (bicyclic) bond motifs is 1. The van der Waals surface area contributed by atoms with Crippen molar-refractivity contribution in [1.29, 1.82) is 0 Å². The van der Waals surface area contributed by atoms with Crippen LogP contribution in [0.15, 0.2) is 30.3 Å². The van der Waals surface area contributed by atoms with Gasteiger partial charge < -0.3 is 19.7 Å². The van der Waals surface area contributed by atoms with Crippen LogP contribution in [0.5, 0.6) is 11.5 Å². The number of hydrogen-bond acceptors (Lipinski definition) is 5. The highest BCUT2D eigenvalue weighted by molar-refractivity contribution is 6.09. The number of aromatic carboxylic acids is 1. The van der Waals surface area contributed by atoms with Gasteiger partial charge in [-0.15, -0.1) is 0 Å². The zero-order valence-corrected chi connectivity index (χ0v) is 14.4. The number of ketones is 1. The van der Waals surface area contributed by atoms with E-state index in [1.54, 1.807) is 12.1 Å². The topological polar surface area (TPSA) is 93.1 Å². The quantitative estimate of drug-likeness (QED) is 0.645. The fourth-order valence-electron chi connectivity index (χ4n) is 2.75. The lowest BCUT2D eigenvalue weighted by molar-refractivity contribution is -0.0165. The molecule has 134 valence electrons. The molecule has 0 aromatic heterocycles. The number of carbonyl (C=O) groups is 2. The number of carboxylic acid groups (broad SMARTS) is 1. The Morgan fingerprint density at radius 1 is 1.12 bits per heavy atom. The molecule has 2 aromatic rings. The third kappa shape index (κ3) is 3.45. The normalized spacial score (nSPS) is 13.3. The Bertz CT molecular complexity index is 926. The molecule has 0 bridgehead atoms. The van der Waals surface area contributed by atoms with Crippen LogP contribution in [0.3, 0.4) is 0 Å². The SMILES string of the molecule is Cc1cc(O)c(C(=O)C=Cc2cc(C(=O)O)cc3c2OCOC3)cc1C. The lowest BCUT2D eigenvalue weighted by atomic mass is 10.00. The van der Waals surface area contributed by atoms with E-state index in [2.05, 4.69) is 0 Å². The van der Waals surface area contributed by atoms with Gasteiger partial charge in [-0.05, 0) is 61.4 Å². The van der Waals surface area contributed by atoms with Crippen LogP contribution < -0.4 is 4.74 Å². The van der Waals surface area contributed by atoms with Gasteiger partial charge in [-0.2, -0.15) is 0 Å². The predicted molar refractivity (Wildman–Crippen MR) is 94.6 cm³/mol. The first-order valence-electron chi connectivity index (χ1n) is 8.00. The second kappa shape index (κ2) is 7.01. The van der Waals surface area contributed by atoms with Crippen molar-refractivity contribution in [3.63, 3.8) is 0 Å². The zero-order chi connectivity index (χ0) is 18.8. The second-order valence-corrected chi connectivity index (χ2v) is 6.12. The molecular formula is C20H18O6. The highest BCUT2D eigenvalue weighted by Crippen LogP contribution is 2.31. The van der Waals surface area contributed by atoms with Crippen LogP contribution in [0.2, 0.25) is 0 Å². The van der Waals surface area contributed by atoms with Gasteiger partial charge >= 0.3 is 5.97 Å². The van der Waals surface area contributed by atoms with E-state index in [0.717, 1.165) is 11.1 Å². The van der Waals surface area contributed by atoms with Crippen molar-refractivity contribution in [3.05, 3.63) is 63.7 Å². The lowest BCUT2D eigenvalue weighted by Gasteiger charge is -2.20. The number of phenols is 1. The summed E-state index contributed by atoms with van der Waals surface area (Å²) in [5.74, 6) is -1.05. The smallest absolute Gasteiger partial charge is 0.335 e. The summed E-state index contributed by atoms with van der Waals surface area (Å²) < 4.78 is 10.6. The molecule has 0 unspecified atom stereocenters. The van der Waals surface area contributed by atoms with Gasteiger partial charge in [-0.3, -0.25) is 4.79 Å². The molecule has 0 saturated carbocycles. The number of aryl methyl sites for hydroxylation is 2. The Labute approximate surface area is 150 Å². The van der Waals surface area contributed by atoms with Gasteiger partial charge in [0.1, 0.15) is 11.5 Å². The minimum absolute atomic E-state index is 0.0617. The fraction of sp³-hybridized carbons (Fsp3) is 0.200. The van der Waals surface area contributed by atoms with Crippen molar-refractivity contribution in [2.75, 3.05) is 6.79 Å². The van der Waals surface area contributed by atoms with Crippen molar-refractivity contribution in [2.24, 2.45) is 0 Å². The number of benzene rings is 2. The number of rotatable bonds is 4. The Morgan fingerprint density at radius 3 is 2.58 bits per heavy atom. The van der Waals surface area contributed by atoms with E-state index in [9.17, 15) is 19.8 Å². The molecule has 0 aliphatic carbocycles. The maximum absolute atomic E-state index is 12.5. The van der Waals surface area contributed by atoms with Gasteiger partial charge in [0.05, 0.1) is 17.7 Å². The van der Waals surface area contributed by atoms with Crippen molar-refractivity contribution in [3.8, 4) is 11.5 Å². The van der Waals surface area contributed by atoms with Crippen LogP contribution in [-0.2, 0) is 11.3 Å². The molecule has 2 N–H and O–H groups in total. The van der Waals surface area contributed by atoms with E-state index in [1.807, 2.05) is 13.8 Å².